The summed E-state index contributed by atoms with van der Waals surface area (Å²) in [6, 6.07) is 2.21. The number of aromatic nitrogens is 4. The zero-order valence-electron chi connectivity index (χ0n) is 12.2. The highest BCUT2D eigenvalue weighted by atomic mass is 16.5. The molecule has 1 aliphatic carbocycles. The maximum atomic E-state index is 12.2. The lowest BCUT2D eigenvalue weighted by Crippen LogP contribution is -2.14. The number of nitrogens with two attached hydrogens (primary N) is 1. The molecule has 2 N–H and O–H groups in total. The van der Waals surface area contributed by atoms with Crippen LogP contribution in [0.3, 0.4) is 0 Å². The number of nitrogen functional groups attached to an aromatic ring is 1. The minimum atomic E-state index is -0.378. The van der Waals surface area contributed by atoms with Crippen molar-refractivity contribution in [2.24, 2.45) is 0 Å². The molecule has 0 aromatic carbocycles. The number of esters is 1. The Bertz CT molecular complexity index is 654. The normalized spacial score (nSPS) is 14.6. The van der Waals surface area contributed by atoms with Crippen LogP contribution in [0.25, 0.3) is 0 Å². The van der Waals surface area contributed by atoms with Crippen molar-refractivity contribution < 1.29 is 9.53 Å². The van der Waals surface area contributed by atoms with E-state index in [-0.39, 0.29) is 18.6 Å². The number of carbonyl (C=O) groups is 1. The quantitative estimate of drug-likeness (QED) is 0.850. The number of anilines is 1. The predicted molar refractivity (Wildman–Crippen MR) is 76.6 cm³/mol. The maximum Gasteiger partial charge on any atom is 0.355 e. The zero-order valence-corrected chi connectivity index (χ0v) is 12.2. The molecule has 2 heterocycles. The molecular weight excluding hydrogens is 270 g/mol. The third kappa shape index (κ3) is 2.76. The molecule has 3 rings (SSSR count). The number of carbonyl (C=O) groups excluding carboxylic acids is 1. The molecule has 21 heavy (non-hydrogen) atoms. The van der Waals surface area contributed by atoms with E-state index < -0.39 is 0 Å². The van der Waals surface area contributed by atoms with Gasteiger partial charge in [0, 0.05) is 18.3 Å². The molecule has 2 aromatic heterocycles. The van der Waals surface area contributed by atoms with Crippen LogP contribution >= 0.6 is 0 Å². The number of nitrogens with zero attached hydrogens (tertiary/aromatic N) is 4. The van der Waals surface area contributed by atoms with Crippen LogP contribution in [0.4, 0.5) is 5.69 Å². The van der Waals surface area contributed by atoms with Gasteiger partial charge in [-0.1, -0.05) is 0 Å². The summed E-state index contributed by atoms with van der Waals surface area (Å²) in [5.41, 5.74) is 6.87. The Morgan fingerprint density at radius 1 is 1.52 bits per heavy atom. The number of rotatable bonds is 5. The molecule has 0 bridgehead atoms. The second-order valence-corrected chi connectivity index (χ2v) is 5.59. The standard InChI is InChI=1S/C14H19N5O2/c1-9(2)19-13(16-8-17-19)7-21-14(20)12-5-10(15)6-18(12)11-3-4-11/h5-6,8-9,11H,3-4,7,15H2,1-2H3. The highest BCUT2D eigenvalue weighted by Gasteiger charge is 2.28. The van der Waals surface area contributed by atoms with Gasteiger partial charge in [0.05, 0.1) is 5.69 Å². The van der Waals surface area contributed by atoms with Crippen molar-refractivity contribution in [3.8, 4) is 0 Å². The average molecular weight is 289 g/mol. The molecule has 1 fully saturated rings. The first-order chi connectivity index (χ1) is 10.1. The van der Waals surface area contributed by atoms with E-state index in [1.165, 1.54) is 6.33 Å². The van der Waals surface area contributed by atoms with Gasteiger partial charge in [0.25, 0.3) is 0 Å². The van der Waals surface area contributed by atoms with E-state index in [2.05, 4.69) is 10.1 Å². The number of hydrogen-bond donors (Lipinski definition) is 1. The lowest BCUT2D eigenvalue weighted by atomic mass is 10.4. The van der Waals surface area contributed by atoms with Crippen molar-refractivity contribution in [1.82, 2.24) is 19.3 Å². The first kappa shape index (κ1) is 13.7. The van der Waals surface area contributed by atoms with E-state index >= 15 is 0 Å². The summed E-state index contributed by atoms with van der Waals surface area (Å²) in [6.07, 6.45) is 5.42. The van der Waals surface area contributed by atoms with E-state index in [1.807, 2.05) is 18.4 Å². The molecule has 0 aliphatic heterocycles. The third-order valence-corrected chi connectivity index (χ3v) is 3.49. The van der Waals surface area contributed by atoms with Gasteiger partial charge < -0.3 is 15.0 Å². The Balaban J connectivity index is 1.70. The van der Waals surface area contributed by atoms with E-state index in [1.54, 1.807) is 16.9 Å². The van der Waals surface area contributed by atoms with Crippen molar-refractivity contribution in [2.45, 2.75) is 45.4 Å². The fourth-order valence-corrected chi connectivity index (χ4v) is 2.33. The van der Waals surface area contributed by atoms with Gasteiger partial charge in [-0.3, -0.25) is 0 Å². The van der Waals surface area contributed by atoms with E-state index in [4.69, 9.17) is 10.5 Å². The van der Waals surface area contributed by atoms with Gasteiger partial charge in [-0.15, -0.1) is 0 Å². The first-order valence-electron chi connectivity index (χ1n) is 7.09. The van der Waals surface area contributed by atoms with Gasteiger partial charge in [0.15, 0.2) is 12.4 Å². The summed E-state index contributed by atoms with van der Waals surface area (Å²) in [4.78, 5) is 16.4. The Morgan fingerprint density at radius 3 is 2.95 bits per heavy atom. The number of ether oxygens (including phenoxy) is 1. The fraction of sp³-hybridized carbons (Fsp3) is 0.500. The molecule has 0 spiro atoms. The predicted octanol–water partition coefficient (Wildman–Crippen LogP) is 1.93. The molecule has 2 aromatic rings. The lowest BCUT2D eigenvalue weighted by molar-refractivity contribution is 0.0442. The second kappa shape index (κ2) is 5.23. The summed E-state index contributed by atoms with van der Waals surface area (Å²) in [7, 11) is 0. The maximum absolute atomic E-state index is 12.2. The highest BCUT2D eigenvalue weighted by Crippen LogP contribution is 2.37. The molecule has 1 saturated carbocycles. The molecule has 112 valence electrons. The van der Waals surface area contributed by atoms with Crippen molar-refractivity contribution in [3.05, 3.63) is 30.1 Å². The molecule has 0 saturated heterocycles. The third-order valence-electron chi connectivity index (χ3n) is 3.49. The monoisotopic (exact) mass is 289 g/mol. The van der Waals surface area contributed by atoms with Crippen LogP contribution in [0, 0.1) is 0 Å². The summed E-state index contributed by atoms with van der Waals surface area (Å²) < 4.78 is 9.00. The topological polar surface area (TPSA) is 88.0 Å². The van der Waals surface area contributed by atoms with E-state index in [9.17, 15) is 4.79 Å². The number of hydrogen-bond acceptors (Lipinski definition) is 5. The van der Waals surface area contributed by atoms with Crippen molar-refractivity contribution in [1.29, 1.82) is 0 Å². The van der Waals surface area contributed by atoms with Crippen molar-refractivity contribution >= 4 is 11.7 Å². The smallest absolute Gasteiger partial charge is 0.355 e. The minimum absolute atomic E-state index is 0.104. The molecular formula is C14H19N5O2. The Labute approximate surface area is 122 Å². The Morgan fingerprint density at radius 2 is 2.29 bits per heavy atom. The molecule has 0 unspecified atom stereocenters. The lowest BCUT2D eigenvalue weighted by Gasteiger charge is -2.10. The second-order valence-electron chi connectivity index (χ2n) is 5.59. The Hall–Kier alpha value is -2.31. The summed E-state index contributed by atoms with van der Waals surface area (Å²) in [5, 5.41) is 4.12. The van der Waals surface area contributed by atoms with Gasteiger partial charge >= 0.3 is 5.97 Å². The molecule has 7 heteroatoms. The van der Waals surface area contributed by atoms with Crippen molar-refractivity contribution in [3.63, 3.8) is 0 Å². The van der Waals surface area contributed by atoms with Crippen LogP contribution in [0.2, 0.25) is 0 Å². The van der Waals surface area contributed by atoms with Gasteiger partial charge in [-0.2, -0.15) is 5.10 Å². The summed E-state index contributed by atoms with van der Waals surface area (Å²) >= 11 is 0. The molecule has 0 radical (unpaired) electrons. The van der Waals surface area contributed by atoms with Gasteiger partial charge in [0.1, 0.15) is 12.0 Å². The minimum Gasteiger partial charge on any atom is -0.453 e. The van der Waals surface area contributed by atoms with Crippen LogP contribution in [0.15, 0.2) is 18.6 Å². The van der Waals surface area contributed by atoms with E-state index in [0.29, 0.717) is 23.2 Å². The van der Waals surface area contributed by atoms with Gasteiger partial charge in [-0.25, -0.2) is 14.5 Å². The fourth-order valence-electron chi connectivity index (χ4n) is 2.33. The molecule has 1 aliphatic rings. The average Bonchev–Trinajstić information content (AvgIpc) is 3.04. The Kier molecular flexibility index (Phi) is 3.40. The van der Waals surface area contributed by atoms with Crippen LogP contribution in [-0.2, 0) is 11.3 Å². The SMILES string of the molecule is CC(C)n1ncnc1COC(=O)c1cc(N)cn1C1CC1. The van der Waals surface area contributed by atoms with E-state index in [0.717, 1.165) is 12.8 Å². The zero-order chi connectivity index (χ0) is 15.0. The van der Waals surface area contributed by atoms with Crippen LogP contribution in [-0.4, -0.2) is 25.3 Å². The van der Waals surface area contributed by atoms with Gasteiger partial charge in [0.2, 0.25) is 0 Å². The molecule has 0 amide bonds. The first-order valence-corrected chi connectivity index (χ1v) is 7.09. The molecule has 0 atom stereocenters. The van der Waals surface area contributed by atoms with Gasteiger partial charge in [-0.05, 0) is 32.8 Å². The summed E-state index contributed by atoms with van der Waals surface area (Å²) in [6.45, 7) is 4.10. The largest absolute Gasteiger partial charge is 0.453 e. The summed E-state index contributed by atoms with van der Waals surface area (Å²) in [5.74, 6) is 0.257. The van der Waals surface area contributed by atoms with Crippen molar-refractivity contribution in [2.75, 3.05) is 5.73 Å². The van der Waals surface area contributed by atoms with Crippen LogP contribution in [0.5, 0.6) is 0 Å². The van der Waals surface area contributed by atoms with Crippen LogP contribution < -0.4 is 5.73 Å². The highest BCUT2D eigenvalue weighted by molar-refractivity contribution is 5.89. The van der Waals surface area contributed by atoms with Crippen LogP contribution in [0.1, 0.15) is 55.1 Å². The molecule has 7 nitrogen and oxygen atoms in total.